The van der Waals surface area contributed by atoms with Gasteiger partial charge in [0.2, 0.25) is 0 Å². The van der Waals surface area contributed by atoms with Crippen molar-refractivity contribution in [1.29, 1.82) is 0 Å². The number of nitrogens with one attached hydrogen (secondary N) is 1. The Labute approximate surface area is 348 Å². The summed E-state index contributed by atoms with van der Waals surface area (Å²) in [6, 6.07) is 23.8. The van der Waals surface area contributed by atoms with Gasteiger partial charge in [0.25, 0.3) is 21.8 Å². The van der Waals surface area contributed by atoms with E-state index in [2.05, 4.69) is 10.3 Å². The highest BCUT2D eigenvalue weighted by atomic mass is 35.5. The molecular weight excluding hydrogens is 810 g/mol. The molecule has 2 aliphatic rings. The minimum atomic E-state index is -4.04. The number of aromatic nitrogens is 2. The van der Waals surface area contributed by atoms with Gasteiger partial charge >= 0.3 is 0 Å². The van der Waals surface area contributed by atoms with Gasteiger partial charge in [-0.25, -0.2) is 9.37 Å². The first kappa shape index (κ1) is 42.0. The lowest BCUT2D eigenvalue weighted by Gasteiger charge is -2.27. The van der Waals surface area contributed by atoms with Crippen LogP contribution in [-0.2, 0) is 30.2 Å². The van der Waals surface area contributed by atoms with E-state index >= 15 is 0 Å². The fourth-order valence-corrected chi connectivity index (χ4v) is 8.62. The number of aryl methyl sites for hydroxylation is 1. The Hall–Kier alpha value is -4.62. The van der Waals surface area contributed by atoms with Crippen LogP contribution in [-0.4, -0.2) is 65.8 Å². The van der Waals surface area contributed by atoms with E-state index in [1.54, 1.807) is 41.9 Å². The van der Waals surface area contributed by atoms with Crippen molar-refractivity contribution in [3.63, 3.8) is 0 Å². The largest absolute Gasteiger partial charge is 0.381 e. The lowest BCUT2D eigenvalue weighted by Crippen LogP contribution is -2.35. The van der Waals surface area contributed by atoms with E-state index in [9.17, 15) is 22.4 Å². The summed E-state index contributed by atoms with van der Waals surface area (Å²) < 4.78 is 43.2. The molecule has 4 aromatic carbocycles. The van der Waals surface area contributed by atoms with Crippen LogP contribution in [0.4, 0.5) is 15.8 Å². The van der Waals surface area contributed by atoms with Gasteiger partial charge in [0.1, 0.15) is 5.82 Å². The Morgan fingerprint density at radius 1 is 0.719 bits per heavy atom. The summed E-state index contributed by atoms with van der Waals surface area (Å²) in [7, 11) is -2.36. The molecule has 57 heavy (non-hydrogen) atoms. The number of likely N-dealkylation sites (tertiary alicyclic amines) is 2. The van der Waals surface area contributed by atoms with Crippen molar-refractivity contribution in [2.45, 2.75) is 56.6 Å². The zero-order valence-electron chi connectivity index (χ0n) is 31.5. The average molecular weight is 854 g/mol. The van der Waals surface area contributed by atoms with Gasteiger partial charge < -0.3 is 19.7 Å². The maximum atomic E-state index is 13.6. The van der Waals surface area contributed by atoms with Gasteiger partial charge in [-0.05, 0) is 122 Å². The number of hydrogen-bond donors (Lipinski definition) is 1. The van der Waals surface area contributed by atoms with E-state index in [4.69, 9.17) is 34.8 Å². The first-order chi connectivity index (χ1) is 27.4. The lowest BCUT2D eigenvalue weighted by molar-refractivity contribution is 0.0717. The standard InChI is InChI=1S/C23H24ClFN4O3S.C19H20Cl2N2O/c1-27-15-22(26-16-27)33(31,32)29(14-17-5-10-21(25)20(24)13-17)19-8-6-18(7-9-19)23(30)28-11-3-2-4-12-28;20-17-9-4-14(12-18(17)21)13-22-16-7-5-15(6-8-16)19(24)23-10-2-1-3-11-23/h5-10,13,15-16H,2-4,11-12,14H2,1H3;4-9,12,22H,1-3,10-11,13H2. The summed E-state index contributed by atoms with van der Waals surface area (Å²) >= 11 is 17.9. The van der Waals surface area contributed by atoms with Crippen LogP contribution in [0.15, 0.2) is 102 Å². The van der Waals surface area contributed by atoms with Crippen molar-refractivity contribution in [3.05, 3.63) is 141 Å². The van der Waals surface area contributed by atoms with Crippen molar-refractivity contribution in [2.75, 3.05) is 35.8 Å². The quantitative estimate of drug-likeness (QED) is 0.150. The molecule has 0 bridgehead atoms. The molecule has 0 unspecified atom stereocenters. The molecule has 7 rings (SSSR count). The fourth-order valence-electron chi connectivity index (χ4n) is 6.67. The summed E-state index contributed by atoms with van der Waals surface area (Å²) in [4.78, 5) is 33.0. The number of anilines is 2. The Kier molecular flexibility index (Phi) is 14.2. The van der Waals surface area contributed by atoms with Crippen LogP contribution in [0.1, 0.15) is 70.4 Å². The second-order valence-corrected chi connectivity index (χ2v) is 17.1. The van der Waals surface area contributed by atoms with Gasteiger partial charge in [0.15, 0.2) is 5.03 Å². The molecule has 2 amide bonds. The topological polar surface area (TPSA) is 108 Å². The van der Waals surface area contributed by atoms with E-state index in [1.807, 2.05) is 46.2 Å². The normalized spacial score (nSPS) is 14.4. The zero-order valence-corrected chi connectivity index (χ0v) is 34.6. The Morgan fingerprint density at radius 2 is 1.26 bits per heavy atom. The van der Waals surface area contributed by atoms with Crippen LogP contribution < -0.4 is 9.62 Å². The first-order valence-electron chi connectivity index (χ1n) is 18.8. The number of halogens is 4. The number of piperidine rings is 2. The summed E-state index contributed by atoms with van der Waals surface area (Å²) in [5.41, 5.74) is 4.14. The van der Waals surface area contributed by atoms with Gasteiger partial charge in [-0.15, -0.1) is 0 Å². The number of benzene rings is 4. The van der Waals surface area contributed by atoms with Crippen molar-refractivity contribution in [1.82, 2.24) is 19.4 Å². The highest BCUT2D eigenvalue weighted by Gasteiger charge is 2.28. The van der Waals surface area contributed by atoms with E-state index in [0.717, 1.165) is 75.1 Å². The third-order valence-corrected chi connectivity index (χ3v) is 12.5. The van der Waals surface area contributed by atoms with Gasteiger partial charge in [-0.3, -0.25) is 13.9 Å². The van der Waals surface area contributed by atoms with E-state index in [0.29, 0.717) is 33.4 Å². The molecule has 0 spiro atoms. The van der Waals surface area contributed by atoms with Crippen molar-refractivity contribution in [2.24, 2.45) is 7.05 Å². The molecule has 0 saturated carbocycles. The monoisotopic (exact) mass is 852 g/mol. The molecule has 0 aliphatic carbocycles. The lowest BCUT2D eigenvalue weighted by atomic mass is 10.1. The average Bonchev–Trinajstić information content (AvgIpc) is 3.69. The fraction of sp³-hybridized carbons (Fsp3) is 0.310. The number of sulfonamides is 1. The number of nitrogens with zero attached hydrogens (tertiary/aromatic N) is 5. The van der Waals surface area contributed by atoms with Crippen LogP contribution in [0.25, 0.3) is 0 Å². The summed E-state index contributed by atoms with van der Waals surface area (Å²) in [6.45, 7) is 3.76. The van der Waals surface area contributed by atoms with Crippen molar-refractivity contribution >= 4 is 68.0 Å². The Morgan fingerprint density at radius 3 is 1.79 bits per heavy atom. The molecule has 2 saturated heterocycles. The first-order valence-corrected chi connectivity index (χ1v) is 21.4. The molecule has 2 fully saturated rings. The third kappa shape index (κ3) is 10.9. The summed E-state index contributed by atoms with van der Waals surface area (Å²) in [6.07, 6.45) is 9.34. The van der Waals surface area contributed by atoms with E-state index < -0.39 is 15.8 Å². The van der Waals surface area contributed by atoms with Crippen molar-refractivity contribution in [3.8, 4) is 0 Å². The molecule has 1 aromatic heterocycles. The van der Waals surface area contributed by atoms with E-state index in [-0.39, 0.29) is 28.4 Å². The maximum absolute atomic E-state index is 13.6. The SMILES string of the molecule is Cn1cnc(S(=O)(=O)N(Cc2ccc(F)c(Cl)c2)c2ccc(C(=O)N3CCCCC3)cc2)c1.O=C(c1ccc(NCc2ccc(Cl)c(Cl)c2)cc1)N1CCCCC1. The van der Waals surface area contributed by atoms with E-state index in [1.165, 1.54) is 41.4 Å². The zero-order chi connectivity index (χ0) is 40.5. The molecule has 10 nitrogen and oxygen atoms in total. The van der Waals surface area contributed by atoms with Gasteiger partial charge in [-0.1, -0.05) is 46.9 Å². The molecule has 0 atom stereocenters. The highest BCUT2D eigenvalue weighted by molar-refractivity contribution is 7.92. The molecule has 300 valence electrons. The van der Waals surface area contributed by atoms with Crippen LogP contribution in [0.2, 0.25) is 15.1 Å². The Balaban J connectivity index is 0.000000203. The minimum Gasteiger partial charge on any atom is -0.381 e. The Bertz CT molecular complexity index is 2280. The minimum absolute atomic E-state index is 0.0642. The number of carbonyl (C=O) groups is 2. The van der Waals surface area contributed by atoms with Crippen LogP contribution in [0.3, 0.4) is 0 Å². The summed E-state index contributed by atoms with van der Waals surface area (Å²) in [5.74, 6) is -0.517. The smallest absolute Gasteiger partial charge is 0.283 e. The van der Waals surface area contributed by atoms with Crippen LogP contribution in [0, 0.1) is 5.82 Å². The van der Waals surface area contributed by atoms with Crippen LogP contribution in [0.5, 0.6) is 0 Å². The maximum Gasteiger partial charge on any atom is 0.283 e. The predicted octanol–water partition coefficient (Wildman–Crippen LogP) is 9.47. The molecule has 0 radical (unpaired) electrons. The van der Waals surface area contributed by atoms with Gasteiger partial charge in [0.05, 0.1) is 33.6 Å². The van der Waals surface area contributed by atoms with Gasteiger partial charge in [0, 0.05) is 62.8 Å². The van der Waals surface area contributed by atoms with Gasteiger partial charge in [-0.2, -0.15) is 8.42 Å². The molecule has 2 aliphatic heterocycles. The third-order valence-electron chi connectivity index (χ3n) is 9.85. The van der Waals surface area contributed by atoms with Crippen LogP contribution >= 0.6 is 34.8 Å². The number of carbonyl (C=O) groups excluding carboxylic acids is 2. The number of imidazole rings is 1. The number of hydrogen-bond acceptors (Lipinski definition) is 6. The molecule has 3 heterocycles. The summed E-state index contributed by atoms with van der Waals surface area (Å²) in [5, 5.41) is 4.23. The second kappa shape index (κ2) is 19.2. The molecule has 1 N–H and O–H groups in total. The molecule has 15 heteroatoms. The molecule has 5 aromatic rings. The highest BCUT2D eigenvalue weighted by Crippen LogP contribution is 2.28. The number of amides is 2. The predicted molar refractivity (Wildman–Crippen MR) is 224 cm³/mol. The molecular formula is C42H44Cl3FN6O4S. The van der Waals surface area contributed by atoms with Crippen molar-refractivity contribution < 1.29 is 22.4 Å². The second-order valence-electron chi connectivity index (χ2n) is 14.1. The number of rotatable bonds is 10.